The molecule has 4 aromatic heterocycles. The van der Waals surface area contributed by atoms with E-state index < -0.39 is 0 Å². The van der Waals surface area contributed by atoms with Crippen LogP contribution in [0.5, 0.6) is 11.5 Å². The summed E-state index contributed by atoms with van der Waals surface area (Å²) in [6.07, 6.45) is 5.72. The normalized spacial score (nSPS) is 11.8. The molecular formula is C44H34N4OPt. The molecule has 5 aromatic carbocycles. The molecule has 0 unspecified atom stereocenters. The van der Waals surface area contributed by atoms with Crippen molar-refractivity contribution in [3.8, 4) is 28.4 Å². The molecule has 0 fully saturated rings. The maximum absolute atomic E-state index is 6.49. The van der Waals surface area contributed by atoms with Crippen molar-refractivity contribution in [1.82, 2.24) is 18.9 Å². The van der Waals surface area contributed by atoms with Gasteiger partial charge in [0.2, 0.25) is 0 Å². The van der Waals surface area contributed by atoms with E-state index in [1.165, 1.54) is 22.3 Å². The van der Waals surface area contributed by atoms with Crippen LogP contribution < -0.4 is 4.74 Å². The molecule has 0 amide bonds. The van der Waals surface area contributed by atoms with Crippen LogP contribution in [0.4, 0.5) is 0 Å². The van der Waals surface area contributed by atoms with Gasteiger partial charge in [0.15, 0.2) is 0 Å². The first-order valence-electron chi connectivity index (χ1n) is 16.9. The maximum atomic E-state index is 6.49. The summed E-state index contributed by atoms with van der Waals surface area (Å²) >= 11 is 0. The van der Waals surface area contributed by atoms with Gasteiger partial charge in [-0.1, -0.05) is 105 Å². The predicted molar refractivity (Wildman–Crippen MR) is 200 cm³/mol. The van der Waals surface area contributed by atoms with Gasteiger partial charge in [-0.2, -0.15) is 6.07 Å². The SMILES string of the molecule is CC(C)c1cccc(C(C)C)c1-c1ccc2c3ccc(Oc4[c-]c5c(cc4)c4ccccc4n5-c4ccccn4)[c-]c3c3nccn3c2c1.[Pt+2]. The summed E-state index contributed by atoms with van der Waals surface area (Å²) in [5.41, 5.74) is 9.27. The predicted octanol–water partition coefficient (Wildman–Crippen LogP) is 11.4. The number of aromatic nitrogens is 4. The molecule has 0 aliphatic heterocycles. The van der Waals surface area contributed by atoms with Crippen molar-refractivity contribution in [3.63, 3.8) is 0 Å². The minimum Gasteiger partial charge on any atom is -0.503 e. The standard InChI is InChI=1S/C44H34N4O.Pt/c1-27(2)32-11-9-12-33(28(3)4)43(32)29-15-18-36-34-19-16-30(25-38(34)44-46-22-23-47(44)40(36)24-29)49-31-17-20-37-35-10-5-6-13-39(35)48(41(37)26-31)42-14-7-8-21-45-42;/h5-24,27-28H,1-4H3;/q-2;+2. The average molecular weight is 830 g/mol. The molecule has 9 rings (SSSR count). The van der Waals surface area contributed by atoms with E-state index in [4.69, 9.17) is 9.72 Å². The van der Waals surface area contributed by atoms with Crippen molar-refractivity contribution < 1.29 is 25.8 Å². The molecular weight excluding hydrogens is 796 g/mol. The Bertz CT molecular complexity index is 2680. The second-order valence-electron chi connectivity index (χ2n) is 13.3. The largest absolute Gasteiger partial charge is 2.00 e. The number of para-hydroxylation sites is 1. The van der Waals surface area contributed by atoms with Crippen molar-refractivity contribution in [2.24, 2.45) is 0 Å². The molecule has 0 atom stereocenters. The van der Waals surface area contributed by atoms with Crippen molar-refractivity contribution >= 4 is 49.1 Å². The van der Waals surface area contributed by atoms with Crippen LogP contribution in [-0.4, -0.2) is 18.9 Å². The third kappa shape index (κ3) is 5.11. The first kappa shape index (κ1) is 32.0. The van der Waals surface area contributed by atoms with Crippen LogP contribution in [0.15, 0.2) is 122 Å². The van der Waals surface area contributed by atoms with E-state index >= 15 is 0 Å². The van der Waals surface area contributed by atoms with Gasteiger partial charge in [0.05, 0.1) is 5.65 Å². The van der Waals surface area contributed by atoms with E-state index in [1.54, 1.807) is 0 Å². The second-order valence-corrected chi connectivity index (χ2v) is 13.3. The quantitative estimate of drug-likeness (QED) is 0.124. The first-order chi connectivity index (χ1) is 24.0. The molecule has 0 spiro atoms. The fourth-order valence-corrected chi connectivity index (χ4v) is 7.39. The van der Waals surface area contributed by atoms with Crippen molar-refractivity contribution in [1.29, 1.82) is 0 Å². The molecule has 0 saturated heterocycles. The van der Waals surface area contributed by atoms with E-state index in [0.717, 1.165) is 54.9 Å². The summed E-state index contributed by atoms with van der Waals surface area (Å²) in [5.74, 6) is 2.89. The maximum Gasteiger partial charge on any atom is 2.00 e. The van der Waals surface area contributed by atoms with Crippen LogP contribution in [-0.2, 0) is 21.1 Å². The van der Waals surface area contributed by atoms with E-state index in [0.29, 0.717) is 23.3 Å². The zero-order chi connectivity index (χ0) is 33.2. The third-order valence-corrected chi connectivity index (χ3v) is 9.65. The molecule has 0 saturated carbocycles. The number of pyridine rings is 2. The molecule has 0 aliphatic carbocycles. The Labute approximate surface area is 305 Å². The molecule has 0 bridgehead atoms. The number of ether oxygens (including phenoxy) is 1. The van der Waals surface area contributed by atoms with Gasteiger partial charge in [0.1, 0.15) is 5.82 Å². The monoisotopic (exact) mass is 829 g/mol. The van der Waals surface area contributed by atoms with Crippen LogP contribution in [0.25, 0.3) is 66.1 Å². The molecule has 0 radical (unpaired) electrons. The van der Waals surface area contributed by atoms with E-state index in [2.05, 4.69) is 127 Å². The minimum atomic E-state index is 0. The van der Waals surface area contributed by atoms with Crippen LogP contribution in [0.3, 0.4) is 0 Å². The number of hydrogen-bond donors (Lipinski definition) is 0. The Morgan fingerprint density at radius 3 is 2.08 bits per heavy atom. The summed E-state index contributed by atoms with van der Waals surface area (Å²) in [6, 6.07) is 43.2. The van der Waals surface area contributed by atoms with E-state index in [-0.39, 0.29) is 21.1 Å². The number of benzene rings is 5. The number of fused-ring (bicyclic) bond motifs is 9. The van der Waals surface area contributed by atoms with Gasteiger partial charge >= 0.3 is 21.1 Å². The van der Waals surface area contributed by atoms with Gasteiger partial charge < -0.3 is 13.7 Å². The summed E-state index contributed by atoms with van der Waals surface area (Å²) < 4.78 is 10.8. The fraction of sp³-hybridized carbons (Fsp3) is 0.136. The van der Waals surface area contributed by atoms with Gasteiger partial charge in [-0.05, 0) is 69.1 Å². The zero-order valence-corrected chi connectivity index (χ0v) is 30.5. The van der Waals surface area contributed by atoms with Gasteiger partial charge in [-0.25, -0.2) is 4.98 Å². The minimum absolute atomic E-state index is 0. The van der Waals surface area contributed by atoms with Crippen LogP contribution in [0, 0.1) is 12.1 Å². The Morgan fingerprint density at radius 1 is 0.620 bits per heavy atom. The fourth-order valence-electron chi connectivity index (χ4n) is 7.39. The topological polar surface area (TPSA) is 44.3 Å². The first-order valence-corrected chi connectivity index (χ1v) is 16.9. The molecule has 246 valence electrons. The number of nitrogens with zero attached hydrogens (tertiary/aromatic N) is 4. The van der Waals surface area contributed by atoms with Crippen LogP contribution in [0.2, 0.25) is 0 Å². The average Bonchev–Trinajstić information content (AvgIpc) is 3.75. The summed E-state index contributed by atoms with van der Waals surface area (Å²) in [4.78, 5) is 9.46. The second kappa shape index (κ2) is 12.6. The smallest absolute Gasteiger partial charge is 0.503 e. The van der Waals surface area contributed by atoms with Crippen molar-refractivity contribution in [2.75, 3.05) is 0 Å². The van der Waals surface area contributed by atoms with Gasteiger partial charge in [-0.15, -0.1) is 29.7 Å². The number of imidazole rings is 1. The van der Waals surface area contributed by atoms with Gasteiger partial charge in [0, 0.05) is 41.1 Å². The van der Waals surface area contributed by atoms with E-state index in [9.17, 15) is 0 Å². The molecule has 4 heterocycles. The summed E-state index contributed by atoms with van der Waals surface area (Å²) in [5, 5.41) is 5.39. The number of hydrogen-bond acceptors (Lipinski definition) is 3. The Kier molecular flexibility index (Phi) is 8.04. The molecule has 9 aromatic rings. The van der Waals surface area contributed by atoms with Gasteiger partial charge in [0.25, 0.3) is 0 Å². The zero-order valence-electron chi connectivity index (χ0n) is 28.2. The molecule has 0 aliphatic rings. The third-order valence-electron chi connectivity index (χ3n) is 9.65. The molecule has 50 heavy (non-hydrogen) atoms. The number of rotatable bonds is 6. The Balaban J connectivity index is 0.00000361. The Morgan fingerprint density at radius 2 is 1.32 bits per heavy atom. The summed E-state index contributed by atoms with van der Waals surface area (Å²) in [6.45, 7) is 9.10. The van der Waals surface area contributed by atoms with Crippen molar-refractivity contribution in [3.05, 3.63) is 145 Å². The van der Waals surface area contributed by atoms with Gasteiger partial charge in [-0.3, -0.25) is 4.98 Å². The van der Waals surface area contributed by atoms with Crippen molar-refractivity contribution in [2.45, 2.75) is 39.5 Å². The molecule has 5 nitrogen and oxygen atoms in total. The van der Waals surface area contributed by atoms with Crippen LogP contribution >= 0.6 is 0 Å². The summed E-state index contributed by atoms with van der Waals surface area (Å²) in [7, 11) is 0. The van der Waals surface area contributed by atoms with E-state index in [1.807, 2.05) is 48.9 Å². The Hall–Kier alpha value is -5.25. The molecule has 0 N–H and O–H groups in total. The van der Waals surface area contributed by atoms with Crippen LogP contribution in [0.1, 0.15) is 50.7 Å². The molecule has 6 heteroatoms.